The van der Waals surface area contributed by atoms with Crippen LogP contribution >= 0.6 is 11.8 Å². The molecule has 0 saturated heterocycles. The van der Waals surface area contributed by atoms with Crippen molar-refractivity contribution in [2.24, 2.45) is 5.10 Å². The Bertz CT molecular complexity index is 1390. The lowest BCUT2D eigenvalue weighted by Gasteiger charge is -2.08. The Morgan fingerprint density at radius 1 is 0.758 bits per heavy atom. The van der Waals surface area contributed by atoms with E-state index in [-0.39, 0.29) is 5.91 Å². The molecular formula is C29H22N2OS. The molecule has 5 rings (SSSR count). The van der Waals surface area contributed by atoms with Crippen molar-refractivity contribution in [2.75, 3.05) is 0 Å². The maximum absolute atomic E-state index is 12.6. The summed E-state index contributed by atoms with van der Waals surface area (Å²) in [6.07, 6.45) is 1.74. The van der Waals surface area contributed by atoms with E-state index in [4.69, 9.17) is 0 Å². The van der Waals surface area contributed by atoms with E-state index >= 15 is 0 Å². The summed E-state index contributed by atoms with van der Waals surface area (Å²) in [6, 6.07) is 36.6. The third-order valence-electron chi connectivity index (χ3n) is 5.54. The van der Waals surface area contributed by atoms with Crippen LogP contribution in [0.15, 0.2) is 119 Å². The third-order valence-corrected chi connectivity index (χ3v) is 6.62. The molecule has 33 heavy (non-hydrogen) atoms. The number of thioether (sulfide) groups is 1. The number of hydrazone groups is 1. The lowest BCUT2D eigenvalue weighted by molar-refractivity contribution is 0.0955. The first-order valence-electron chi connectivity index (χ1n) is 10.8. The van der Waals surface area contributed by atoms with Gasteiger partial charge in [-0.15, -0.1) is 11.8 Å². The summed E-state index contributed by atoms with van der Waals surface area (Å²) in [5.74, 6) is 0.635. The minimum absolute atomic E-state index is 0.224. The molecule has 1 N–H and O–H groups in total. The van der Waals surface area contributed by atoms with Gasteiger partial charge >= 0.3 is 0 Å². The van der Waals surface area contributed by atoms with Crippen LogP contribution < -0.4 is 5.43 Å². The molecule has 0 fully saturated rings. The number of nitrogens with one attached hydrogen (secondary N) is 1. The van der Waals surface area contributed by atoms with E-state index in [1.807, 2.05) is 66.7 Å². The number of carbonyl (C=O) groups excluding carboxylic acids is 1. The number of hydrogen-bond acceptors (Lipinski definition) is 3. The molecule has 0 radical (unpaired) electrons. The highest BCUT2D eigenvalue weighted by Gasteiger charge is 2.07. The summed E-state index contributed by atoms with van der Waals surface area (Å²) in [7, 11) is 0. The van der Waals surface area contributed by atoms with Crippen molar-refractivity contribution in [1.82, 2.24) is 5.43 Å². The van der Waals surface area contributed by atoms with Gasteiger partial charge in [-0.25, -0.2) is 5.43 Å². The first-order chi connectivity index (χ1) is 16.3. The molecule has 1 amide bonds. The van der Waals surface area contributed by atoms with Gasteiger partial charge < -0.3 is 0 Å². The highest BCUT2D eigenvalue weighted by atomic mass is 32.2. The van der Waals surface area contributed by atoms with Crippen LogP contribution in [0.4, 0.5) is 0 Å². The summed E-state index contributed by atoms with van der Waals surface area (Å²) in [5, 5.41) is 8.79. The topological polar surface area (TPSA) is 41.5 Å². The molecule has 0 aliphatic heterocycles. The highest BCUT2D eigenvalue weighted by Crippen LogP contribution is 2.27. The Hall–Kier alpha value is -3.89. The van der Waals surface area contributed by atoms with E-state index < -0.39 is 0 Å². The molecule has 0 spiro atoms. The quantitative estimate of drug-likeness (QED) is 0.131. The van der Waals surface area contributed by atoms with Crippen molar-refractivity contribution < 1.29 is 4.79 Å². The Morgan fingerprint density at radius 2 is 1.36 bits per heavy atom. The molecule has 0 bridgehead atoms. The molecule has 4 heteroatoms. The fourth-order valence-electron chi connectivity index (χ4n) is 3.84. The minimum Gasteiger partial charge on any atom is -0.267 e. The summed E-state index contributed by atoms with van der Waals surface area (Å²) >= 11 is 1.78. The Labute approximate surface area is 197 Å². The number of fused-ring (bicyclic) bond motifs is 2. The largest absolute Gasteiger partial charge is 0.271 e. The van der Waals surface area contributed by atoms with E-state index in [2.05, 4.69) is 53.0 Å². The number of amides is 1. The van der Waals surface area contributed by atoms with Crippen LogP contribution in [0, 0.1) is 0 Å². The normalized spacial score (nSPS) is 11.3. The molecule has 160 valence electrons. The van der Waals surface area contributed by atoms with E-state index in [1.54, 1.807) is 18.0 Å². The molecule has 0 saturated carbocycles. The van der Waals surface area contributed by atoms with E-state index in [1.165, 1.54) is 10.5 Å². The second kappa shape index (κ2) is 9.72. The second-order valence-corrected chi connectivity index (χ2v) is 8.78. The fourth-order valence-corrected chi connectivity index (χ4v) is 4.72. The van der Waals surface area contributed by atoms with Gasteiger partial charge in [0.25, 0.3) is 5.91 Å². The van der Waals surface area contributed by atoms with Gasteiger partial charge in [0, 0.05) is 21.8 Å². The van der Waals surface area contributed by atoms with Crippen LogP contribution in [-0.2, 0) is 5.75 Å². The zero-order chi connectivity index (χ0) is 22.5. The van der Waals surface area contributed by atoms with Crippen molar-refractivity contribution in [3.8, 4) is 0 Å². The van der Waals surface area contributed by atoms with Crippen LogP contribution in [0.3, 0.4) is 0 Å². The van der Waals surface area contributed by atoms with Gasteiger partial charge in [-0.2, -0.15) is 5.10 Å². The monoisotopic (exact) mass is 446 g/mol. The number of rotatable bonds is 6. The maximum atomic E-state index is 12.6. The van der Waals surface area contributed by atoms with Gasteiger partial charge in [0.15, 0.2) is 0 Å². The van der Waals surface area contributed by atoms with E-state index in [0.29, 0.717) is 5.56 Å². The van der Waals surface area contributed by atoms with Crippen molar-refractivity contribution in [3.05, 3.63) is 126 Å². The zero-order valence-corrected chi connectivity index (χ0v) is 18.8. The third kappa shape index (κ3) is 4.81. The first kappa shape index (κ1) is 21.0. The SMILES string of the molecule is O=C(N/N=C\c1c2ccccc2cc2ccccc12)c1ccc(CSc2ccccc2)cc1. The van der Waals surface area contributed by atoms with Gasteiger partial charge in [-0.3, -0.25) is 4.79 Å². The smallest absolute Gasteiger partial charge is 0.267 e. The number of carbonyl (C=O) groups is 1. The lowest BCUT2D eigenvalue weighted by atomic mass is 9.97. The average molecular weight is 447 g/mol. The van der Waals surface area contributed by atoms with E-state index in [0.717, 1.165) is 32.9 Å². The molecule has 3 nitrogen and oxygen atoms in total. The van der Waals surface area contributed by atoms with Gasteiger partial charge in [0.2, 0.25) is 0 Å². The van der Waals surface area contributed by atoms with Gasteiger partial charge in [-0.05, 0) is 57.4 Å². The summed E-state index contributed by atoms with van der Waals surface area (Å²) < 4.78 is 0. The predicted octanol–water partition coefficient (Wildman–Crippen LogP) is 7.05. The summed E-state index contributed by atoms with van der Waals surface area (Å²) in [5.41, 5.74) is 5.44. The van der Waals surface area contributed by atoms with Gasteiger partial charge in [0.05, 0.1) is 6.21 Å². The molecule has 0 heterocycles. The van der Waals surface area contributed by atoms with Crippen LogP contribution in [0.5, 0.6) is 0 Å². The van der Waals surface area contributed by atoms with Crippen LogP contribution in [0.1, 0.15) is 21.5 Å². The number of hydrogen-bond donors (Lipinski definition) is 1. The minimum atomic E-state index is -0.224. The molecule has 0 unspecified atom stereocenters. The van der Waals surface area contributed by atoms with Crippen LogP contribution in [0.2, 0.25) is 0 Å². The van der Waals surface area contributed by atoms with Crippen LogP contribution in [0.25, 0.3) is 21.5 Å². The molecule has 0 atom stereocenters. The molecule has 0 aromatic heterocycles. The lowest BCUT2D eigenvalue weighted by Crippen LogP contribution is -2.17. The number of nitrogens with zero attached hydrogens (tertiary/aromatic N) is 1. The highest BCUT2D eigenvalue weighted by molar-refractivity contribution is 7.98. The Morgan fingerprint density at radius 3 is 2.03 bits per heavy atom. The molecule has 5 aromatic rings. The first-order valence-corrected chi connectivity index (χ1v) is 11.8. The van der Waals surface area contributed by atoms with Crippen molar-refractivity contribution >= 4 is 45.4 Å². The fraction of sp³-hybridized carbons (Fsp3) is 0.0345. The Balaban J connectivity index is 1.30. The standard InChI is InChI=1S/C29H22N2OS/c32-29(22-16-14-21(15-17-22)20-33-25-10-2-1-3-11-25)31-30-19-28-26-12-6-4-8-23(26)18-24-9-5-7-13-27(24)28/h1-19H,20H2,(H,31,32)/b30-19-. The molecular weight excluding hydrogens is 424 g/mol. The predicted molar refractivity (Wildman–Crippen MR) is 139 cm³/mol. The zero-order valence-electron chi connectivity index (χ0n) is 17.9. The molecule has 5 aromatic carbocycles. The molecule has 0 aliphatic rings. The van der Waals surface area contributed by atoms with Crippen molar-refractivity contribution in [3.63, 3.8) is 0 Å². The average Bonchev–Trinajstić information content (AvgIpc) is 2.88. The summed E-state index contributed by atoms with van der Waals surface area (Å²) in [4.78, 5) is 13.9. The van der Waals surface area contributed by atoms with Gasteiger partial charge in [0.1, 0.15) is 0 Å². The van der Waals surface area contributed by atoms with Crippen molar-refractivity contribution in [2.45, 2.75) is 10.6 Å². The molecule has 0 aliphatic carbocycles. The summed E-state index contributed by atoms with van der Waals surface area (Å²) in [6.45, 7) is 0. The van der Waals surface area contributed by atoms with Crippen LogP contribution in [-0.4, -0.2) is 12.1 Å². The van der Waals surface area contributed by atoms with Crippen molar-refractivity contribution in [1.29, 1.82) is 0 Å². The second-order valence-electron chi connectivity index (χ2n) is 7.73. The van der Waals surface area contributed by atoms with E-state index in [9.17, 15) is 4.79 Å². The number of benzene rings is 5. The Kier molecular flexibility index (Phi) is 6.18. The maximum Gasteiger partial charge on any atom is 0.271 e. The van der Waals surface area contributed by atoms with Gasteiger partial charge in [-0.1, -0.05) is 78.9 Å².